The van der Waals surface area contributed by atoms with Crippen molar-refractivity contribution in [3.63, 3.8) is 0 Å². The number of rotatable bonds is 13. The summed E-state index contributed by atoms with van der Waals surface area (Å²) in [7, 11) is 0. The molecule has 0 saturated heterocycles. The van der Waals surface area contributed by atoms with E-state index >= 15 is 0 Å². The third-order valence-corrected chi connectivity index (χ3v) is 8.95. The Morgan fingerprint density at radius 1 is 0.633 bits per heavy atom. The molecule has 5 heterocycles. The first kappa shape index (κ1) is 37.0. The predicted molar refractivity (Wildman–Crippen MR) is 179 cm³/mol. The number of fused-ring (bicyclic) bond motifs is 8. The van der Waals surface area contributed by atoms with Crippen molar-refractivity contribution in [1.82, 2.24) is 19.9 Å². The number of hydrogen-bond donors (Lipinski definition) is 3. The van der Waals surface area contributed by atoms with E-state index in [0.29, 0.717) is 57.7 Å². The van der Waals surface area contributed by atoms with Gasteiger partial charge in [0.1, 0.15) is 0 Å². The monoisotopic (exact) mass is 758 g/mol. The topological polar surface area (TPSA) is 192 Å². The second-order valence-corrected chi connectivity index (χ2v) is 11.9. The van der Waals surface area contributed by atoms with Crippen LogP contribution in [0, 0.1) is 13.8 Å². The van der Waals surface area contributed by atoms with Gasteiger partial charge in [-0.15, -0.1) is 22.1 Å². The Kier molecular flexibility index (Phi) is 11.7. The summed E-state index contributed by atoms with van der Waals surface area (Å²) < 4.78 is 5.02. The zero-order valence-electron chi connectivity index (χ0n) is 27.5. The van der Waals surface area contributed by atoms with Crippen molar-refractivity contribution in [1.29, 1.82) is 0 Å². The average Bonchev–Trinajstić information content (AvgIpc) is 3.68. The molecule has 2 aliphatic heterocycles. The number of carbonyl (C=O) groups is 4. The molecule has 0 aliphatic carbocycles. The normalized spacial score (nSPS) is 12.6. The fourth-order valence-corrected chi connectivity index (χ4v) is 6.24. The van der Waals surface area contributed by atoms with E-state index in [-0.39, 0.29) is 65.6 Å². The summed E-state index contributed by atoms with van der Waals surface area (Å²) in [6.45, 7) is 8.07. The van der Waals surface area contributed by atoms with E-state index in [9.17, 15) is 34.5 Å². The van der Waals surface area contributed by atoms with Gasteiger partial charge in [0.25, 0.3) is 6.47 Å². The summed E-state index contributed by atoms with van der Waals surface area (Å²) in [6, 6.07) is 7.28. The molecule has 0 aromatic carbocycles. The van der Waals surface area contributed by atoms with Crippen LogP contribution < -0.4 is 9.97 Å². The first-order valence-corrected chi connectivity index (χ1v) is 15.6. The van der Waals surface area contributed by atoms with Crippen LogP contribution in [0.2, 0.25) is 0 Å². The number of nitrogens with zero attached hydrogens (tertiary/aromatic N) is 4. The number of aliphatic carboxylic acids is 3. The number of aryl methyl sites for hydroxylation is 3. The van der Waals surface area contributed by atoms with Crippen LogP contribution in [0.5, 0.6) is 0 Å². The van der Waals surface area contributed by atoms with Crippen LogP contribution in [-0.4, -0.2) is 56.3 Å². The second-order valence-electron chi connectivity index (χ2n) is 11.9. The molecule has 3 aromatic rings. The number of aromatic nitrogens is 4. The molecule has 5 rings (SSSR count). The predicted octanol–water partition coefficient (Wildman–Crippen LogP) is 5.51. The summed E-state index contributed by atoms with van der Waals surface area (Å²) >= 11 is 0. The smallest absolute Gasteiger partial charge is 0.657 e. The molecule has 0 amide bonds. The quantitative estimate of drug-likeness (QED) is 0.113. The first-order chi connectivity index (χ1) is 22.9. The van der Waals surface area contributed by atoms with Crippen molar-refractivity contribution >= 4 is 68.7 Å². The summed E-state index contributed by atoms with van der Waals surface area (Å²) in [6.07, 6.45) is 0.790. The number of allylic oxidation sites excluding steroid dienone is 4. The third kappa shape index (κ3) is 8.07. The standard InChI is InChI=1S/C36H38N4O8.Pd/c1-18-22(5-8-34(42)43)30-13-27-19(2)23(6-9-35(44)45)32(38-27)15-29-21(4)25(11-12-48-17-41)33(40-29)16-28-20(3)24(7-10-36(46)47)31(39-28)14-26(18)37-30;/h13-17H,5-12H2,1-4H3,(H5,37,38,39,40,42,43,44,45,46,47);/q;+2/p-2. The summed E-state index contributed by atoms with van der Waals surface area (Å²) in [5, 5.41) is 28.5. The van der Waals surface area contributed by atoms with E-state index in [1.165, 1.54) is 0 Å². The first-order valence-electron chi connectivity index (χ1n) is 15.6. The van der Waals surface area contributed by atoms with Crippen LogP contribution in [0.25, 0.3) is 44.4 Å². The fraction of sp³-hybridized carbons (Fsp3) is 0.333. The van der Waals surface area contributed by atoms with E-state index in [0.717, 1.165) is 44.5 Å². The molecule has 0 radical (unpaired) electrons. The van der Waals surface area contributed by atoms with E-state index in [2.05, 4.69) is 0 Å². The van der Waals surface area contributed by atoms with Gasteiger partial charge in [0, 0.05) is 25.7 Å². The number of carboxylic acids is 3. The minimum atomic E-state index is -0.945. The molecule has 12 nitrogen and oxygen atoms in total. The van der Waals surface area contributed by atoms with Gasteiger partial charge in [-0.1, -0.05) is 46.5 Å². The maximum atomic E-state index is 11.6. The SMILES string of the molecule is CC1=C(CCC(=O)O)c2cc3[n-]c(cc4nc(cc5[n-]c(cc1n2)c(CCC(=O)O)c5C)C(CCC(=O)O)=C4C)c(CCOC=O)c3C.[Pd+2]. The van der Waals surface area contributed by atoms with Crippen LogP contribution in [-0.2, 0) is 57.2 Å². The van der Waals surface area contributed by atoms with Gasteiger partial charge in [-0.3, -0.25) is 19.2 Å². The molecular weight excluding hydrogens is 723 g/mol. The summed E-state index contributed by atoms with van der Waals surface area (Å²) in [5.74, 6) is -2.82. The maximum absolute atomic E-state index is 11.6. The zero-order valence-corrected chi connectivity index (χ0v) is 29.1. The van der Waals surface area contributed by atoms with Crippen molar-refractivity contribution in [2.24, 2.45) is 0 Å². The molecule has 0 saturated carbocycles. The van der Waals surface area contributed by atoms with Crippen molar-refractivity contribution in [2.75, 3.05) is 6.61 Å². The van der Waals surface area contributed by atoms with Gasteiger partial charge in [-0.05, 0) is 69.2 Å². The molecule has 0 spiro atoms. The second kappa shape index (κ2) is 15.6. The Morgan fingerprint density at radius 2 is 1.02 bits per heavy atom. The van der Waals surface area contributed by atoms with Crippen LogP contribution in [0.3, 0.4) is 0 Å². The molecular formula is C36H36N4O8Pd. The largest absolute Gasteiger partial charge is 2.00 e. The molecule has 2 aliphatic rings. The van der Waals surface area contributed by atoms with Gasteiger partial charge >= 0.3 is 38.3 Å². The summed E-state index contributed by atoms with van der Waals surface area (Å²) in [4.78, 5) is 65.4. The Bertz CT molecular complexity index is 2070. The molecule has 3 aromatic heterocycles. The van der Waals surface area contributed by atoms with Crippen LogP contribution in [0.4, 0.5) is 0 Å². The van der Waals surface area contributed by atoms with Crippen LogP contribution >= 0.6 is 0 Å². The molecule has 0 atom stereocenters. The van der Waals surface area contributed by atoms with E-state index in [1.807, 2.05) is 39.8 Å². The maximum Gasteiger partial charge on any atom is 2.00 e. The molecule has 258 valence electrons. The van der Waals surface area contributed by atoms with Gasteiger partial charge < -0.3 is 30.0 Å². The molecule has 0 unspecified atom stereocenters. The zero-order chi connectivity index (χ0) is 34.7. The van der Waals surface area contributed by atoms with Gasteiger partial charge in [-0.25, -0.2) is 9.97 Å². The van der Waals surface area contributed by atoms with Gasteiger partial charge in [0.05, 0.1) is 29.4 Å². The van der Waals surface area contributed by atoms with Crippen molar-refractivity contribution in [3.05, 3.63) is 69.3 Å². The molecule has 0 fully saturated rings. The van der Waals surface area contributed by atoms with E-state index in [1.54, 1.807) is 12.1 Å². The van der Waals surface area contributed by atoms with Crippen LogP contribution in [0.15, 0.2) is 24.3 Å². The minimum absolute atomic E-state index is 0. The van der Waals surface area contributed by atoms with Crippen molar-refractivity contribution < 1.29 is 59.7 Å². The van der Waals surface area contributed by atoms with Gasteiger partial charge in [0.15, 0.2) is 0 Å². The van der Waals surface area contributed by atoms with Crippen LogP contribution in [0.1, 0.15) is 91.0 Å². The number of ether oxygens (including phenoxy) is 1. The van der Waals surface area contributed by atoms with E-state index in [4.69, 9.17) is 24.7 Å². The van der Waals surface area contributed by atoms with Gasteiger partial charge in [0.2, 0.25) is 0 Å². The molecule has 13 heteroatoms. The summed E-state index contributed by atoms with van der Waals surface area (Å²) in [5.41, 5.74) is 11.0. The minimum Gasteiger partial charge on any atom is -0.657 e. The fourth-order valence-electron chi connectivity index (χ4n) is 6.24. The Balaban J connectivity index is 0.00000541. The van der Waals surface area contributed by atoms with Gasteiger partial charge in [-0.2, -0.15) is 0 Å². The Hall–Kier alpha value is -4.86. The van der Waals surface area contributed by atoms with Crippen molar-refractivity contribution in [2.45, 2.75) is 72.6 Å². The Labute approximate surface area is 296 Å². The number of hydrogen-bond acceptors (Lipinski definition) is 7. The molecule has 49 heavy (non-hydrogen) atoms. The van der Waals surface area contributed by atoms with Crippen molar-refractivity contribution in [3.8, 4) is 0 Å². The number of carbonyl (C=O) groups excluding carboxylic acids is 1. The third-order valence-electron chi connectivity index (χ3n) is 8.95. The average molecular weight is 759 g/mol. The van der Waals surface area contributed by atoms with E-state index < -0.39 is 17.9 Å². The molecule has 3 N–H and O–H groups in total. The Morgan fingerprint density at radius 3 is 1.43 bits per heavy atom. The molecule has 8 bridgehead atoms. The number of carboxylic acid groups (broad SMARTS) is 3.